The first kappa shape index (κ1) is 26.7. The number of anilines is 2. The average Bonchev–Trinajstić information content (AvgIpc) is 3.19. The summed E-state index contributed by atoms with van der Waals surface area (Å²) in [6.45, 7) is 1.88. The molecule has 2 N–H and O–H groups in total. The highest BCUT2D eigenvalue weighted by Gasteiger charge is 2.35. The third-order valence-corrected chi connectivity index (χ3v) is 6.74. The third kappa shape index (κ3) is 6.60. The van der Waals surface area contributed by atoms with Crippen LogP contribution in [0.25, 0.3) is 11.2 Å². The number of rotatable bonds is 9. The number of pyridine rings is 2. The lowest BCUT2D eigenvalue weighted by molar-refractivity contribution is -0.137. The van der Waals surface area contributed by atoms with E-state index in [1.54, 1.807) is 12.1 Å². The van der Waals surface area contributed by atoms with E-state index in [2.05, 4.69) is 41.2 Å². The van der Waals surface area contributed by atoms with Gasteiger partial charge in [-0.25, -0.2) is 23.4 Å². The number of H-pyrrole nitrogens is 1. The summed E-state index contributed by atoms with van der Waals surface area (Å²) in [6, 6.07) is 3.17. The van der Waals surface area contributed by atoms with Crippen molar-refractivity contribution in [3.63, 3.8) is 0 Å². The zero-order chi connectivity index (χ0) is 25.8. The van der Waals surface area contributed by atoms with Crippen molar-refractivity contribution in [1.29, 1.82) is 0 Å². The van der Waals surface area contributed by atoms with Crippen LogP contribution in [0, 0.1) is 0 Å². The first-order valence-electron chi connectivity index (χ1n) is 10.5. The summed E-state index contributed by atoms with van der Waals surface area (Å²) >= 11 is 3.41. The van der Waals surface area contributed by atoms with Crippen LogP contribution in [0.5, 0.6) is 0 Å². The van der Waals surface area contributed by atoms with E-state index in [4.69, 9.17) is 0 Å². The molecule has 3 rings (SSSR count). The van der Waals surface area contributed by atoms with Crippen molar-refractivity contribution in [2.45, 2.75) is 32.5 Å². The normalized spacial score (nSPS) is 13.1. The van der Waals surface area contributed by atoms with Crippen molar-refractivity contribution >= 4 is 48.6 Å². The van der Waals surface area contributed by atoms with Gasteiger partial charge in [0.25, 0.3) is 0 Å². The van der Waals surface area contributed by atoms with E-state index in [1.807, 2.05) is 25.2 Å². The fourth-order valence-electron chi connectivity index (χ4n) is 3.24. The van der Waals surface area contributed by atoms with Crippen molar-refractivity contribution in [2.24, 2.45) is 0 Å². The van der Waals surface area contributed by atoms with Crippen LogP contribution in [-0.4, -0.2) is 41.7 Å². The molecule has 0 aliphatic carbocycles. The molecule has 0 spiro atoms. The Labute approximate surface area is 209 Å². The number of aromatic amines is 1. The Morgan fingerprint density at radius 2 is 2.06 bits per heavy atom. The molecule has 3 heterocycles. The first-order chi connectivity index (χ1) is 16.4. The summed E-state index contributed by atoms with van der Waals surface area (Å²) in [5.74, 6) is 0.560. The SMILES string of the molecule is CCC=C(Br)/C=C\Cc1nc2ncc(C(F)(F)F)c(NCc3cccnc3N(C)S(C)(=O)=O)c2[nH]1. The predicted octanol–water partition coefficient (Wildman–Crippen LogP) is 5.17. The highest BCUT2D eigenvalue weighted by molar-refractivity contribution is 9.11. The van der Waals surface area contributed by atoms with Crippen LogP contribution in [0.1, 0.15) is 30.3 Å². The second-order valence-electron chi connectivity index (χ2n) is 7.60. The molecule has 0 unspecified atom stereocenters. The lowest BCUT2D eigenvalue weighted by atomic mass is 10.2. The summed E-state index contributed by atoms with van der Waals surface area (Å²) in [4.78, 5) is 15.2. The molecule has 0 saturated heterocycles. The highest BCUT2D eigenvalue weighted by atomic mass is 79.9. The average molecular weight is 573 g/mol. The number of hydrogen-bond acceptors (Lipinski definition) is 6. The van der Waals surface area contributed by atoms with Gasteiger partial charge in [-0.3, -0.25) is 4.31 Å². The molecule has 0 bridgehead atoms. The maximum absolute atomic E-state index is 13.8. The molecule has 0 aliphatic rings. The molecule has 13 heteroatoms. The summed E-state index contributed by atoms with van der Waals surface area (Å²) in [5, 5.41) is 2.80. The molecule has 0 saturated carbocycles. The highest BCUT2D eigenvalue weighted by Crippen LogP contribution is 2.38. The number of sulfonamides is 1. The van der Waals surface area contributed by atoms with Crippen LogP contribution >= 0.6 is 15.9 Å². The quantitative estimate of drug-likeness (QED) is 0.343. The zero-order valence-electron chi connectivity index (χ0n) is 19.2. The van der Waals surface area contributed by atoms with E-state index in [0.717, 1.165) is 27.7 Å². The second kappa shape index (κ2) is 10.8. The standard InChI is InChI=1S/C22H24BrF3N6O2S/c1-4-7-15(23)9-5-10-17-30-19-18(16(22(24,25)26)13-29-20(19)31-17)28-12-14-8-6-11-27-21(14)32(2)35(3,33)34/h5-9,11,13H,4,10,12H2,1-3H3,(H2,28,29,30,31)/b9-5-,15-7?. The largest absolute Gasteiger partial charge is 0.419 e. The number of fused-ring (bicyclic) bond motifs is 1. The van der Waals surface area contributed by atoms with Gasteiger partial charge < -0.3 is 10.3 Å². The fourth-order valence-corrected chi connectivity index (χ4v) is 4.23. The van der Waals surface area contributed by atoms with Gasteiger partial charge in [0, 0.05) is 42.5 Å². The van der Waals surface area contributed by atoms with Gasteiger partial charge in [0.1, 0.15) is 17.2 Å². The van der Waals surface area contributed by atoms with Gasteiger partial charge in [0.2, 0.25) is 10.0 Å². The molecular weight excluding hydrogens is 549 g/mol. The smallest absolute Gasteiger partial charge is 0.378 e. The van der Waals surface area contributed by atoms with Crippen molar-refractivity contribution < 1.29 is 21.6 Å². The molecule has 0 fully saturated rings. The molecule has 35 heavy (non-hydrogen) atoms. The van der Waals surface area contributed by atoms with E-state index in [1.165, 1.54) is 13.2 Å². The molecular formula is C22H24BrF3N6O2S. The molecule has 8 nitrogen and oxygen atoms in total. The number of imidazole rings is 1. The zero-order valence-corrected chi connectivity index (χ0v) is 21.6. The lowest BCUT2D eigenvalue weighted by Gasteiger charge is -2.20. The third-order valence-electron chi connectivity index (χ3n) is 4.98. The van der Waals surface area contributed by atoms with Gasteiger partial charge in [-0.15, -0.1) is 0 Å². The predicted molar refractivity (Wildman–Crippen MR) is 134 cm³/mol. The Morgan fingerprint density at radius 3 is 2.71 bits per heavy atom. The molecule has 0 atom stereocenters. The van der Waals surface area contributed by atoms with Crippen LogP contribution < -0.4 is 9.62 Å². The van der Waals surface area contributed by atoms with Crippen molar-refractivity contribution in [3.05, 3.63) is 64.2 Å². The van der Waals surface area contributed by atoms with Gasteiger partial charge in [-0.05, 0) is 12.5 Å². The van der Waals surface area contributed by atoms with Crippen molar-refractivity contribution in [3.8, 4) is 0 Å². The number of hydrogen-bond donors (Lipinski definition) is 2. The van der Waals surface area contributed by atoms with Gasteiger partial charge in [-0.2, -0.15) is 13.2 Å². The Morgan fingerprint density at radius 1 is 1.31 bits per heavy atom. The van der Waals surface area contributed by atoms with Crippen LogP contribution in [0.2, 0.25) is 0 Å². The molecule has 0 aliphatic heterocycles. The second-order valence-corrected chi connectivity index (χ2v) is 10.5. The summed E-state index contributed by atoms with van der Waals surface area (Å²) < 4.78 is 67.2. The fraction of sp³-hybridized carbons (Fsp3) is 0.318. The molecule has 3 aromatic heterocycles. The van der Waals surface area contributed by atoms with E-state index in [-0.39, 0.29) is 29.2 Å². The minimum Gasteiger partial charge on any atom is -0.378 e. The summed E-state index contributed by atoms with van der Waals surface area (Å²) in [6.07, 6.45) is 5.34. The number of halogens is 4. The van der Waals surface area contributed by atoms with Crippen molar-refractivity contribution in [2.75, 3.05) is 22.9 Å². The number of alkyl halides is 3. The van der Waals surface area contributed by atoms with Gasteiger partial charge in [0.05, 0.1) is 17.5 Å². The molecule has 188 valence electrons. The summed E-state index contributed by atoms with van der Waals surface area (Å²) in [7, 11) is -2.29. The minimum absolute atomic E-state index is 0.105. The van der Waals surface area contributed by atoms with E-state index >= 15 is 0 Å². The van der Waals surface area contributed by atoms with Crippen molar-refractivity contribution in [1.82, 2.24) is 19.9 Å². The number of nitrogens with one attached hydrogen (secondary N) is 2. The lowest BCUT2D eigenvalue weighted by Crippen LogP contribution is -2.27. The first-order valence-corrected chi connectivity index (χ1v) is 13.1. The van der Waals surface area contributed by atoms with Crippen LogP contribution in [0.3, 0.4) is 0 Å². The van der Waals surface area contributed by atoms with Gasteiger partial charge in [-0.1, -0.05) is 47.1 Å². The number of allylic oxidation sites excluding steroid dienone is 4. The van der Waals surface area contributed by atoms with E-state index in [9.17, 15) is 21.6 Å². The maximum atomic E-state index is 13.8. The summed E-state index contributed by atoms with van der Waals surface area (Å²) in [5.41, 5.74) is -0.561. The molecule has 0 aromatic carbocycles. The van der Waals surface area contributed by atoms with Crippen LogP contribution in [0.15, 0.2) is 47.2 Å². The van der Waals surface area contributed by atoms with E-state index in [0.29, 0.717) is 17.8 Å². The van der Waals surface area contributed by atoms with Gasteiger partial charge in [0.15, 0.2) is 5.65 Å². The minimum atomic E-state index is -4.67. The topological polar surface area (TPSA) is 104 Å². The molecule has 0 amide bonds. The maximum Gasteiger partial charge on any atom is 0.419 e. The number of aromatic nitrogens is 4. The van der Waals surface area contributed by atoms with Gasteiger partial charge >= 0.3 is 6.18 Å². The molecule has 0 radical (unpaired) electrons. The van der Waals surface area contributed by atoms with Crippen LogP contribution in [-0.2, 0) is 29.2 Å². The van der Waals surface area contributed by atoms with Crippen LogP contribution in [0.4, 0.5) is 24.7 Å². The number of nitrogens with zero attached hydrogens (tertiary/aromatic N) is 4. The Bertz CT molecular complexity index is 1370. The Hall–Kier alpha value is -2.93. The Kier molecular flexibility index (Phi) is 8.21. The monoisotopic (exact) mass is 572 g/mol. The van der Waals surface area contributed by atoms with E-state index < -0.39 is 21.8 Å². The Balaban J connectivity index is 1.98. The molecule has 3 aromatic rings.